The largest absolute Gasteiger partial charge is 0.507 e. The Labute approximate surface area is 108 Å². The zero-order chi connectivity index (χ0) is 13.5. The Bertz CT molecular complexity index is 399. The number of rotatable bonds is 7. The van der Waals surface area contributed by atoms with Crippen LogP contribution in [0.2, 0.25) is 0 Å². The highest BCUT2D eigenvalue weighted by Gasteiger charge is 2.19. The fraction of sp³-hybridized carbons (Fsp3) is 0.533. The summed E-state index contributed by atoms with van der Waals surface area (Å²) in [5.41, 5.74) is 0.787. The van der Waals surface area contributed by atoms with E-state index in [1.165, 1.54) is 6.07 Å². The van der Waals surface area contributed by atoms with E-state index in [1.807, 2.05) is 6.07 Å². The average Bonchev–Trinajstić information content (AvgIpc) is 2.34. The summed E-state index contributed by atoms with van der Waals surface area (Å²) in [6.07, 6.45) is 5.23. The maximum absolute atomic E-state index is 11.0. The van der Waals surface area contributed by atoms with Crippen LogP contribution in [0.1, 0.15) is 67.8 Å². The van der Waals surface area contributed by atoms with Crippen molar-refractivity contribution >= 4 is 5.97 Å². The quantitative estimate of drug-likeness (QED) is 0.763. The molecular weight excluding hydrogens is 228 g/mol. The molecule has 0 heterocycles. The number of carbonyl (C=O) groups is 1. The SMILES string of the molecule is CCCCC(CCC)c1cccc(C(=O)O)c1O. The molecule has 1 aromatic carbocycles. The lowest BCUT2D eigenvalue weighted by atomic mass is 9.88. The number of hydrogen-bond acceptors (Lipinski definition) is 2. The van der Waals surface area contributed by atoms with Gasteiger partial charge in [0.15, 0.2) is 0 Å². The van der Waals surface area contributed by atoms with Crippen LogP contribution in [-0.4, -0.2) is 16.2 Å². The van der Waals surface area contributed by atoms with Gasteiger partial charge >= 0.3 is 5.97 Å². The standard InChI is InChI=1S/C15H22O3/c1-3-5-8-11(7-4-2)12-9-6-10-13(14(12)16)15(17)18/h6,9-11,16H,3-5,7-8H2,1-2H3,(H,17,18). The Morgan fingerprint density at radius 3 is 2.50 bits per heavy atom. The van der Waals surface area contributed by atoms with Crippen LogP contribution in [0.25, 0.3) is 0 Å². The van der Waals surface area contributed by atoms with Gasteiger partial charge in [0.25, 0.3) is 0 Å². The lowest BCUT2D eigenvalue weighted by Gasteiger charge is -2.18. The minimum Gasteiger partial charge on any atom is -0.507 e. The highest BCUT2D eigenvalue weighted by atomic mass is 16.4. The Balaban J connectivity index is 3.03. The molecule has 0 fully saturated rings. The summed E-state index contributed by atoms with van der Waals surface area (Å²) in [6, 6.07) is 5.01. The van der Waals surface area contributed by atoms with Gasteiger partial charge in [0.2, 0.25) is 0 Å². The number of hydrogen-bond donors (Lipinski definition) is 2. The van der Waals surface area contributed by atoms with Crippen LogP contribution in [0.15, 0.2) is 18.2 Å². The predicted octanol–water partition coefficient (Wildman–Crippen LogP) is 4.16. The van der Waals surface area contributed by atoms with E-state index < -0.39 is 5.97 Å². The van der Waals surface area contributed by atoms with E-state index in [2.05, 4.69) is 13.8 Å². The van der Waals surface area contributed by atoms with E-state index in [1.54, 1.807) is 6.07 Å². The summed E-state index contributed by atoms with van der Waals surface area (Å²) in [7, 11) is 0. The summed E-state index contributed by atoms with van der Waals surface area (Å²) in [5, 5.41) is 19.1. The first-order chi connectivity index (χ1) is 8.61. The number of carboxylic acid groups (broad SMARTS) is 1. The Hall–Kier alpha value is -1.51. The second-order valence-corrected chi connectivity index (χ2v) is 4.68. The molecule has 1 rings (SSSR count). The van der Waals surface area contributed by atoms with Crippen molar-refractivity contribution in [1.29, 1.82) is 0 Å². The number of aromatic hydroxyl groups is 1. The van der Waals surface area contributed by atoms with E-state index >= 15 is 0 Å². The molecule has 0 aliphatic carbocycles. The molecule has 2 N–H and O–H groups in total. The molecule has 0 saturated carbocycles. The zero-order valence-corrected chi connectivity index (χ0v) is 11.1. The minimum atomic E-state index is -1.07. The molecule has 100 valence electrons. The monoisotopic (exact) mass is 250 g/mol. The van der Waals surface area contributed by atoms with Gasteiger partial charge in [-0.1, -0.05) is 45.2 Å². The Morgan fingerprint density at radius 1 is 1.22 bits per heavy atom. The van der Waals surface area contributed by atoms with Gasteiger partial charge < -0.3 is 10.2 Å². The van der Waals surface area contributed by atoms with Crippen LogP contribution >= 0.6 is 0 Å². The molecular formula is C15H22O3. The molecule has 3 nitrogen and oxygen atoms in total. The second-order valence-electron chi connectivity index (χ2n) is 4.68. The summed E-state index contributed by atoms with van der Waals surface area (Å²) in [5.74, 6) is -0.867. The van der Waals surface area contributed by atoms with E-state index in [4.69, 9.17) is 5.11 Å². The van der Waals surface area contributed by atoms with Crippen LogP contribution < -0.4 is 0 Å². The molecule has 1 aromatic rings. The fourth-order valence-corrected chi connectivity index (χ4v) is 2.32. The number of aromatic carboxylic acids is 1. The zero-order valence-electron chi connectivity index (χ0n) is 11.1. The highest BCUT2D eigenvalue weighted by molar-refractivity contribution is 5.91. The van der Waals surface area contributed by atoms with Gasteiger partial charge in [0.05, 0.1) is 0 Å². The van der Waals surface area contributed by atoms with Crippen molar-refractivity contribution in [2.75, 3.05) is 0 Å². The number of benzene rings is 1. The summed E-state index contributed by atoms with van der Waals surface area (Å²) >= 11 is 0. The molecule has 1 atom stereocenters. The molecule has 0 aliphatic rings. The maximum atomic E-state index is 11.0. The van der Waals surface area contributed by atoms with Gasteiger partial charge in [0, 0.05) is 0 Å². The van der Waals surface area contributed by atoms with Crippen molar-refractivity contribution in [2.45, 2.75) is 51.9 Å². The number of unbranched alkanes of at least 4 members (excludes halogenated alkanes) is 1. The predicted molar refractivity (Wildman–Crippen MR) is 72.2 cm³/mol. The number of phenols is 1. The Morgan fingerprint density at radius 2 is 1.94 bits per heavy atom. The first-order valence-corrected chi connectivity index (χ1v) is 6.66. The third-order valence-electron chi connectivity index (χ3n) is 3.28. The van der Waals surface area contributed by atoms with Crippen LogP contribution in [0.4, 0.5) is 0 Å². The lowest BCUT2D eigenvalue weighted by Crippen LogP contribution is -2.04. The Kier molecular flexibility index (Phi) is 5.69. The fourth-order valence-electron chi connectivity index (χ4n) is 2.32. The van der Waals surface area contributed by atoms with Gasteiger partial charge in [-0.25, -0.2) is 4.79 Å². The lowest BCUT2D eigenvalue weighted by molar-refractivity contribution is 0.0693. The molecule has 0 aromatic heterocycles. The number of carboxylic acids is 1. The van der Waals surface area contributed by atoms with Crippen LogP contribution in [0.5, 0.6) is 5.75 Å². The summed E-state index contributed by atoms with van der Waals surface area (Å²) in [6.45, 7) is 4.24. The average molecular weight is 250 g/mol. The first-order valence-electron chi connectivity index (χ1n) is 6.66. The molecule has 3 heteroatoms. The molecule has 1 unspecified atom stereocenters. The molecule has 18 heavy (non-hydrogen) atoms. The van der Waals surface area contributed by atoms with Crippen molar-refractivity contribution in [2.24, 2.45) is 0 Å². The normalized spacial score (nSPS) is 12.3. The van der Waals surface area contributed by atoms with Crippen molar-refractivity contribution < 1.29 is 15.0 Å². The van der Waals surface area contributed by atoms with Crippen LogP contribution in [-0.2, 0) is 0 Å². The van der Waals surface area contributed by atoms with E-state index in [9.17, 15) is 9.90 Å². The second kappa shape index (κ2) is 7.04. The van der Waals surface area contributed by atoms with Gasteiger partial charge in [-0.15, -0.1) is 0 Å². The van der Waals surface area contributed by atoms with Crippen molar-refractivity contribution in [3.63, 3.8) is 0 Å². The molecule has 0 amide bonds. The third-order valence-corrected chi connectivity index (χ3v) is 3.28. The molecule has 0 saturated heterocycles. The smallest absolute Gasteiger partial charge is 0.339 e. The molecule has 0 spiro atoms. The van der Waals surface area contributed by atoms with Crippen LogP contribution in [0, 0.1) is 0 Å². The molecule has 0 radical (unpaired) electrons. The van der Waals surface area contributed by atoms with Gasteiger partial charge in [-0.3, -0.25) is 0 Å². The third kappa shape index (κ3) is 3.49. The van der Waals surface area contributed by atoms with Crippen molar-refractivity contribution in [3.05, 3.63) is 29.3 Å². The van der Waals surface area contributed by atoms with Crippen LogP contribution in [0.3, 0.4) is 0 Å². The van der Waals surface area contributed by atoms with Crippen molar-refractivity contribution in [3.8, 4) is 5.75 Å². The van der Waals surface area contributed by atoms with E-state index in [-0.39, 0.29) is 17.2 Å². The van der Waals surface area contributed by atoms with E-state index in [0.717, 1.165) is 37.7 Å². The van der Waals surface area contributed by atoms with E-state index in [0.29, 0.717) is 0 Å². The van der Waals surface area contributed by atoms with Gasteiger partial charge in [0.1, 0.15) is 11.3 Å². The summed E-state index contributed by atoms with van der Waals surface area (Å²) < 4.78 is 0. The van der Waals surface area contributed by atoms with Crippen molar-refractivity contribution in [1.82, 2.24) is 0 Å². The number of para-hydroxylation sites is 1. The van der Waals surface area contributed by atoms with Gasteiger partial charge in [-0.05, 0) is 30.4 Å². The maximum Gasteiger partial charge on any atom is 0.339 e. The first kappa shape index (κ1) is 14.6. The van der Waals surface area contributed by atoms with Gasteiger partial charge in [-0.2, -0.15) is 0 Å². The highest BCUT2D eigenvalue weighted by Crippen LogP contribution is 2.35. The molecule has 0 aliphatic heterocycles. The topological polar surface area (TPSA) is 57.5 Å². The summed E-state index contributed by atoms with van der Waals surface area (Å²) in [4.78, 5) is 11.0. The minimum absolute atomic E-state index is 0.00472. The molecule has 0 bridgehead atoms.